The number of carbonyl (C=O) groups is 1. The highest BCUT2D eigenvalue weighted by Gasteiger charge is 2.31. The van der Waals surface area contributed by atoms with Crippen molar-refractivity contribution in [3.8, 4) is 0 Å². The average Bonchev–Trinajstić information content (AvgIpc) is 3.05. The first-order chi connectivity index (χ1) is 14.2. The van der Waals surface area contributed by atoms with Gasteiger partial charge in [-0.2, -0.15) is 0 Å². The van der Waals surface area contributed by atoms with Gasteiger partial charge in [0, 0.05) is 22.7 Å². The lowest BCUT2D eigenvalue weighted by molar-refractivity contribution is 0.0958. The average molecular weight is 445 g/mol. The minimum Gasteiger partial charge on any atom is -0.323 e. The van der Waals surface area contributed by atoms with Crippen molar-refractivity contribution in [3.05, 3.63) is 100 Å². The maximum Gasteiger partial charge on any atom is 0.208 e. The van der Waals surface area contributed by atoms with E-state index >= 15 is 0 Å². The van der Waals surface area contributed by atoms with Crippen LogP contribution in [0, 0.1) is 0 Å². The van der Waals surface area contributed by atoms with E-state index in [-0.39, 0.29) is 5.78 Å². The Morgan fingerprint density at radius 1 is 0.966 bits per heavy atom. The lowest BCUT2D eigenvalue weighted by Crippen LogP contribution is -2.23. The Morgan fingerprint density at radius 2 is 1.72 bits per heavy atom. The first kappa shape index (κ1) is 17.8. The number of hydrogen-bond acceptors (Lipinski definition) is 4. The van der Waals surface area contributed by atoms with Gasteiger partial charge in [0.1, 0.15) is 23.2 Å². The van der Waals surface area contributed by atoms with Crippen molar-refractivity contribution in [3.63, 3.8) is 0 Å². The maximum absolute atomic E-state index is 13.5. The summed E-state index contributed by atoms with van der Waals surface area (Å²) in [6.45, 7) is 0. The standard InChI is InChI=1S/C23H17BrN4O/c24-17-11-9-16(10-12-17)22-25-18(14-15-6-2-1-3-7-15)21(29)20-23(27-22)26-19-8-4-5-13-28(19)20/h1-13,18H,14H2,(H,25,27)/t18-/m1/s1. The second-order valence-electron chi connectivity index (χ2n) is 6.92. The van der Waals surface area contributed by atoms with Crippen molar-refractivity contribution in [1.82, 2.24) is 9.38 Å². The molecule has 0 saturated heterocycles. The Morgan fingerprint density at radius 3 is 2.52 bits per heavy atom. The summed E-state index contributed by atoms with van der Waals surface area (Å²) in [6, 6.07) is 23.0. The van der Waals surface area contributed by atoms with E-state index in [1.165, 1.54) is 0 Å². The second kappa shape index (κ2) is 7.29. The van der Waals surface area contributed by atoms with E-state index in [2.05, 4.69) is 26.2 Å². The van der Waals surface area contributed by atoms with E-state index in [1.54, 1.807) is 0 Å². The number of nitrogens with one attached hydrogen (secondary N) is 1. The van der Waals surface area contributed by atoms with Crippen LogP contribution in [0.25, 0.3) is 5.65 Å². The quantitative estimate of drug-likeness (QED) is 0.495. The van der Waals surface area contributed by atoms with Crippen molar-refractivity contribution in [2.75, 3.05) is 5.32 Å². The number of anilines is 1. The molecule has 0 fully saturated rings. The predicted molar refractivity (Wildman–Crippen MR) is 118 cm³/mol. The number of ketones is 1. The topological polar surface area (TPSA) is 58.8 Å². The third-order valence-corrected chi connectivity index (χ3v) is 5.51. The summed E-state index contributed by atoms with van der Waals surface area (Å²) in [4.78, 5) is 23.0. The first-order valence-corrected chi connectivity index (χ1v) is 10.1. The molecule has 3 heterocycles. The SMILES string of the molecule is O=C1c2c(nc3ccccn23)NC(c2ccc(Br)cc2)=N[C@@H]1Cc1ccccc1. The molecule has 1 aliphatic heterocycles. The van der Waals surface area contributed by atoms with Gasteiger partial charge in [-0.15, -0.1) is 0 Å². The first-order valence-electron chi connectivity index (χ1n) is 9.35. The van der Waals surface area contributed by atoms with Crippen molar-refractivity contribution in [1.29, 1.82) is 0 Å². The predicted octanol–water partition coefficient (Wildman–Crippen LogP) is 4.76. The molecule has 4 aromatic rings. The number of pyridine rings is 1. The molecule has 0 aliphatic carbocycles. The molecule has 0 amide bonds. The van der Waals surface area contributed by atoms with E-state index in [9.17, 15) is 4.79 Å². The molecule has 6 heteroatoms. The van der Waals surface area contributed by atoms with Crippen molar-refractivity contribution < 1.29 is 4.79 Å². The van der Waals surface area contributed by atoms with Crippen LogP contribution in [-0.4, -0.2) is 27.0 Å². The zero-order chi connectivity index (χ0) is 19.8. The zero-order valence-electron chi connectivity index (χ0n) is 15.4. The molecule has 1 atom stereocenters. The summed E-state index contributed by atoms with van der Waals surface area (Å²) >= 11 is 3.47. The number of Topliss-reactive ketones (excluding diaryl/α,β-unsaturated/α-hetero) is 1. The molecule has 142 valence electrons. The van der Waals surface area contributed by atoms with Gasteiger partial charge in [-0.1, -0.05) is 64.5 Å². The van der Waals surface area contributed by atoms with Gasteiger partial charge in [-0.3, -0.25) is 14.2 Å². The van der Waals surface area contributed by atoms with E-state index < -0.39 is 6.04 Å². The third-order valence-electron chi connectivity index (χ3n) is 4.98. The van der Waals surface area contributed by atoms with Crippen LogP contribution in [0.15, 0.2) is 88.5 Å². The molecule has 2 aromatic heterocycles. The number of rotatable bonds is 3. The molecule has 1 N–H and O–H groups in total. The van der Waals surface area contributed by atoms with Gasteiger partial charge in [-0.25, -0.2) is 4.98 Å². The lowest BCUT2D eigenvalue weighted by Gasteiger charge is -2.12. The fourth-order valence-corrected chi connectivity index (χ4v) is 3.83. The smallest absolute Gasteiger partial charge is 0.208 e. The van der Waals surface area contributed by atoms with Crippen LogP contribution in [0.2, 0.25) is 0 Å². The van der Waals surface area contributed by atoms with E-state index in [0.717, 1.165) is 21.2 Å². The second-order valence-corrected chi connectivity index (χ2v) is 7.83. The highest BCUT2D eigenvalue weighted by atomic mass is 79.9. The number of imidazole rings is 1. The summed E-state index contributed by atoms with van der Waals surface area (Å²) < 4.78 is 2.82. The Kier molecular flexibility index (Phi) is 4.48. The number of halogens is 1. The largest absolute Gasteiger partial charge is 0.323 e. The van der Waals surface area contributed by atoms with Crippen LogP contribution in [0.3, 0.4) is 0 Å². The number of carbonyl (C=O) groups excluding carboxylic acids is 1. The van der Waals surface area contributed by atoms with Crippen LogP contribution in [-0.2, 0) is 6.42 Å². The Bertz CT molecular complexity index is 1230. The maximum atomic E-state index is 13.5. The minimum absolute atomic E-state index is 0.0397. The van der Waals surface area contributed by atoms with Gasteiger partial charge in [0.2, 0.25) is 5.78 Å². The van der Waals surface area contributed by atoms with E-state index in [4.69, 9.17) is 4.99 Å². The Hall–Kier alpha value is -3.25. The summed E-state index contributed by atoms with van der Waals surface area (Å²) in [5, 5.41) is 3.31. The normalized spacial score (nSPS) is 16.1. The fraction of sp³-hybridized carbons (Fsp3) is 0.0870. The van der Waals surface area contributed by atoms with Crippen LogP contribution in [0.5, 0.6) is 0 Å². The molecule has 29 heavy (non-hydrogen) atoms. The number of aromatic nitrogens is 2. The van der Waals surface area contributed by atoms with E-state index in [1.807, 2.05) is 83.4 Å². The van der Waals surface area contributed by atoms with Gasteiger partial charge in [0.25, 0.3) is 0 Å². The molecular formula is C23H17BrN4O. The highest BCUT2D eigenvalue weighted by Crippen LogP contribution is 2.26. The number of nitrogens with zero attached hydrogens (tertiary/aromatic N) is 3. The number of hydrogen-bond donors (Lipinski definition) is 1. The van der Waals surface area contributed by atoms with Crippen LogP contribution >= 0.6 is 15.9 Å². The Labute approximate surface area is 176 Å². The summed E-state index contributed by atoms with van der Waals surface area (Å²) in [5.74, 6) is 1.15. The summed E-state index contributed by atoms with van der Waals surface area (Å²) in [6.07, 6.45) is 2.39. The minimum atomic E-state index is -0.537. The molecule has 0 spiro atoms. The number of amidine groups is 1. The van der Waals surface area contributed by atoms with Crippen LogP contribution in [0.1, 0.15) is 21.6 Å². The van der Waals surface area contributed by atoms with Gasteiger partial charge in [-0.05, 0) is 29.8 Å². The molecule has 1 aliphatic rings. The van der Waals surface area contributed by atoms with Crippen molar-refractivity contribution >= 4 is 39.0 Å². The van der Waals surface area contributed by atoms with Gasteiger partial charge >= 0.3 is 0 Å². The summed E-state index contributed by atoms with van der Waals surface area (Å²) in [7, 11) is 0. The van der Waals surface area contributed by atoms with Gasteiger partial charge in [0.15, 0.2) is 5.82 Å². The summed E-state index contributed by atoms with van der Waals surface area (Å²) in [5.41, 5.74) is 3.25. The molecule has 0 bridgehead atoms. The molecule has 2 aromatic carbocycles. The van der Waals surface area contributed by atoms with Crippen molar-refractivity contribution in [2.45, 2.75) is 12.5 Å². The zero-order valence-corrected chi connectivity index (χ0v) is 17.0. The monoisotopic (exact) mass is 444 g/mol. The number of fused-ring (bicyclic) bond motifs is 3. The van der Waals surface area contributed by atoms with Crippen molar-refractivity contribution in [2.24, 2.45) is 4.99 Å². The number of benzene rings is 2. The third kappa shape index (κ3) is 3.36. The van der Waals surface area contributed by atoms with Crippen LogP contribution in [0.4, 0.5) is 5.82 Å². The van der Waals surface area contributed by atoms with Gasteiger partial charge < -0.3 is 5.32 Å². The highest BCUT2D eigenvalue weighted by molar-refractivity contribution is 9.10. The molecular weight excluding hydrogens is 428 g/mol. The van der Waals surface area contributed by atoms with Gasteiger partial charge in [0.05, 0.1) is 0 Å². The molecule has 5 nitrogen and oxygen atoms in total. The molecule has 5 rings (SSSR count). The van der Waals surface area contributed by atoms with E-state index in [0.29, 0.717) is 23.8 Å². The molecule has 0 radical (unpaired) electrons. The Balaban J connectivity index is 1.65. The fourth-order valence-electron chi connectivity index (χ4n) is 3.57. The lowest BCUT2D eigenvalue weighted by atomic mass is 10.0. The molecule has 0 saturated carbocycles. The molecule has 0 unspecified atom stereocenters. The van der Waals surface area contributed by atoms with Crippen LogP contribution < -0.4 is 5.32 Å². The number of aliphatic imine (C=N–C) groups is 1.